The third-order valence-electron chi connectivity index (χ3n) is 3.39. The molecule has 0 aromatic heterocycles. The lowest BCUT2D eigenvalue weighted by Crippen LogP contribution is -2.41. The van der Waals surface area contributed by atoms with Crippen molar-refractivity contribution in [1.82, 2.24) is 5.32 Å². The van der Waals surface area contributed by atoms with E-state index in [1.54, 1.807) is 13.8 Å². The van der Waals surface area contributed by atoms with E-state index >= 15 is 0 Å². The number of aliphatic hydroxyl groups is 1. The smallest absolute Gasteiger partial charge is 0.396 e. The van der Waals surface area contributed by atoms with Crippen molar-refractivity contribution in [2.24, 2.45) is 5.92 Å². The van der Waals surface area contributed by atoms with Crippen LogP contribution in [0, 0.1) is 12.8 Å². The van der Waals surface area contributed by atoms with Gasteiger partial charge in [0.05, 0.1) is 5.56 Å². The molecule has 0 spiro atoms. The van der Waals surface area contributed by atoms with Gasteiger partial charge in [-0.2, -0.15) is 13.2 Å². The molecule has 1 rings (SSSR count). The summed E-state index contributed by atoms with van der Waals surface area (Å²) in [5.41, 5.74) is -0.716. The highest BCUT2D eigenvalue weighted by Gasteiger charge is 2.33. The van der Waals surface area contributed by atoms with Gasteiger partial charge >= 0.3 is 12.2 Å². The van der Waals surface area contributed by atoms with Crippen LogP contribution in [0.2, 0.25) is 0 Å². The molecule has 0 bridgehead atoms. The predicted octanol–water partition coefficient (Wildman–Crippen LogP) is 3.15. The molecule has 0 saturated heterocycles. The number of halogens is 3. The van der Waals surface area contributed by atoms with E-state index in [4.69, 9.17) is 5.11 Å². The normalized spacial score (nSPS) is 14.4. The minimum Gasteiger partial charge on any atom is -0.396 e. The fourth-order valence-electron chi connectivity index (χ4n) is 1.74. The van der Waals surface area contributed by atoms with E-state index in [0.717, 1.165) is 6.07 Å². The van der Waals surface area contributed by atoms with E-state index in [-0.39, 0.29) is 29.8 Å². The van der Waals surface area contributed by atoms with Gasteiger partial charge in [-0.25, -0.2) is 4.79 Å². The van der Waals surface area contributed by atoms with Crippen LogP contribution in [0.5, 0.6) is 0 Å². The van der Waals surface area contributed by atoms with Crippen molar-refractivity contribution in [3.63, 3.8) is 0 Å². The van der Waals surface area contributed by atoms with Crippen molar-refractivity contribution in [2.75, 3.05) is 11.9 Å². The first-order valence-corrected chi connectivity index (χ1v) is 6.52. The molecule has 4 nitrogen and oxygen atoms in total. The van der Waals surface area contributed by atoms with Gasteiger partial charge in [-0.1, -0.05) is 13.0 Å². The number of rotatable bonds is 4. The Bertz CT molecular complexity index is 503. The Kier molecular flexibility index (Phi) is 5.60. The number of aliphatic hydroxyl groups excluding tert-OH is 1. The highest BCUT2D eigenvalue weighted by Crippen LogP contribution is 2.34. The lowest BCUT2D eigenvalue weighted by Gasteiger charge is -2.20. The van der Waals surface area contributed by atoms with Crippen molar-refractivity contribution >= 4 is 11.7 Å². The molecule has 0 aliphatic carbocycles. The molecule has 3 N–H and O–H groups in total. The highest BCUT2D eigenvalue weighted by atomic mass is 19.4. The number of benzene rings is 1. The molecule has 21 heavy (non-hydrogen) atoms. The number of anilines is 1. The Morgan fingerprint density at radius 1 is 1.33 bits per heavy atom. The molecular formula is C14H19F3N2O2. The molecule has 0 aliphatic rings. The van der Waals surface area contributed by atoms with Crippen LogP contribution in [-0.4, -0.2) is 23.8 Å². The lowest BCUT2D eigenvalue weighted by atomic mass is 10.1. The van der Waals surface area contributed by atoms with Crippen molar-refractivity contribution in [3.05, 3.63) is 29.3 Å². The molecule has 1 aromatic rings. The summed E-state index contributed by atoms with van der Waals surface area (Å²) in [5.74, 6) is -0.154. The second kappa shape index (κ2) is 6.80. The lowest BCUT2D eigenvalue weighted by molar-refractivity contribution is -0.138. The van der Waals surface area contributed by atoms with Gasteiger partial charge in [-0.15, -0.1) is 0 Å². The zero-order valence-electron chi connectivity index (χ0n) is 12.1. The molecule has 2 atom stereocenters. The molecule has 2 amide bonds. The molecule has 7 heteroatoms. The minimum absolute atomic E-state index is 0.0389. The van der Waals surface area contributed by atoms with E-state index in [0.29, 0.717) is 0 Å². The Morgan fingerprint density at radius 2 is 1.95 bits per heavy atom. The Morgan fingerprint density at radius 3 is 2.48 bits per heavy atom. The summed E-state index contributed by atoms with van der Waals surface area (Å²) in [6.45, 7) is 4.67. The second-order valence-corrected chi connectivity index (χ2v) is 5.02. The number of hydrogen-bond acceptors (Lipinski definition) is 2. The van der Waals surface area contributed by atoms with Gasteiger partial charge in [0.25, 0.3) is 0 Å². The van der Waals surface area contributed by atoms with Gasteiger partial charge in [0.1, 0.15) is 0 Å². The topological polar surface area (TPSA) is 61.4 Å². The van der Waals surface area contributed by atoms with E-state index in [1.165, 1.54) is 19.1 Å². The third kappa shape index (κ3) is 4.63. The van der Waals surface area contributed by atoms with Crippen molar-refractivity contribution in [2.45, 2.75) is 33.0 Å². The molecule has 0 radical (unpaired) electrons. The van der Waals surface area contributed by atoms with Crippen LogP contribution in [0.25, 0.3) is 0 Å². The minimum atomic E-state index is -4.46. The number of carbonyl (C=O) groups excluding carboxylic acids is 1. The largest absolute Gasteiger partial charge is 0.416 e. The van der Waals surface area contributed by atoms with Crippen LogP contribution in [0.3, 0.4) is 0 Å². The van der Waals surface area contributed by atoms with Crippen LogP contribution in [0.4, 0.5) is 23.7 Å². The first kappa shape index (κ1) is 17.3. The summed E-state index contributed by atoms with van der Waals surface area (Å²) in [4.78, 5) is 11.8. The molecule has 118 valence electrons. The first-order chi connectivity index (χ1) is 9.66. The number of hydrogen-bond donors (Lipinski definition) is 3. The number of nitrogens with one attached hydrogen (secondary N) is 2. The van der Waals surface area contributed by atoms with E-state index in [2.05, 4.69) is 10.6 Å². The quantitative estimate of drug-likeness (QED) is 0.800. The third-order valence-corrected chi connectivity index (χ3v) is 3.39. The van der Waals surface area contributed by atoms with E-state index < -0.39 is 17.8 Å². The van der Waals surface area contributed by atoms with Crippen LogP contribution in [0.1, 0.15) is 25.0 Å². The van der Waals surface area contributed by atoms with Gasteiger partial charge in [0, 0.05) is 18.3 Å². The Labute approximate surface area is 121 Å². The molecule has 0 fully saturated rings. The number of alkyl halides is 3. The van der Waals surface area contributed by atoms with Crippen LogP contribution in [-0.2, 0) is 6.18 Å². The average molecular weight is 304 g/mol. The summed E-state index contributed by atoms with van der Waals surface area (Å²) in [7, 11) is 0. The zero-order chi connectivity index (χ0) is 16.2. The van der Waals surface area contributed by atoms with Crippen molar-refractivity contribution in [3.8, 4) is 0 Å². The molecule has 0 saturated carbocycles. The van der Waals surface area contributed by atoms with Gasteiger partial charge in [-0.3, -0.25) is 0 Å². The summed E-state index contributed by atoms with van der Waals surface area (Å²) in [5, 5.41) is 14.0. The maximum absolute atomic E-state index is 12.8. The van der Waals surface area contributed by atoms with Gasteiger partial charge in [0.2, 0.25) is 0 Å². The molecular weight excluding hydrogens is 285 g/mol. The van der Waals surface area contributed by atoms with Gasteiger partial charge in [-0.05, 0) is 37.5 Å². The van der Waals surface area contributed by atoms with Gasteiger partial charge in [0.15, 0.2) is 0 Å². The number of urea groups is 1. The van der Waals surface area contributed by atoms with E-state index in [9.17, 15) is 18.0 Å². The second-order valence-electron chi connectivity index (χ2n) is 5.02. The SMILES string of the molecule is Cc1c(NC(=O)NC(C)C(C)CO)cccc1C(F)(F)F. The molecule has 2 unspecified atom stereocenters. The van der Waals surface area contributed by atoms with E-state index in [1.807, 2.05) is 0 Å². The van der Waals surface area contributed by atoms with Crippen molar-refractivity contribution < 1.29 is 23.1 Å². The standard InChI is InChI=1S/C14H19F3N2O2/c1-8(7-20)10(3)18-13(21)19-12-6-4-5-11(9(12)2)14(15,16)17/h4-6,8,10,20H,7H2,1-3H3,(H2,18,19,21). The van der Waals surface area contributed by atoms with Crippen LogP contribution >= 0.6 is 0 Å². The van der Waals surface area contributed by atoms with Gasteiger partial charge < -0.3 is 15.7 Å². The first-order valence-electron chi connectivity index (χ1n) is 6.52. The Hall–Kier alpha value is -1.76. The maximum Gasteiger partial charge on any atom is 0.416 e. The summed E-state index contributed by atoms with van der Waals surface area (Å²) in [6.07, 6.45) is -4.46. The fraction of sp³-hybridized carbons (Fsp3) is 0.500. The number of amides is 2. The summed E-state index contributed by atoms with van der Waals surface area (Å²) in [6, 6.07) is 2.70. The highest BCUT2D eigenvalue weighted by molar-refractivity contribution is 5.90. The summed E-state index contributed by atoms with van der Waals surface area (Å²) >= 11 is 0. The number of carbonyl (C=O) groups is 1. The van der Waals surface area contributed by atoms with Crippen LogP contribution < -0.4 is 10.6 Å². The molecule has 0 aliphatic heterocycles. The zero-order valence-corrected chi connectivity index (χ0v) is 12.1. The molecule has 0 heterocycles. The monoisotopic (exact) mass is 304 g/mol. The predicted molar refractivity (Wildman–Crippen MR) is 74.0 cm³/mol. The molecule has 1 aromatic carbocycles. The fourth-order valence-corrected chi connectivity index (χ4v) is 1.74. The van der Waals surface area contributed by atoms with Crippen molar-refractivity contribution in [1.29, 1.82) is 0 Å². The van der Waals surface area contributed by atoms with Crippen LogP contribution in [0.15, 0.2) is 18.2 Å². The Balaban J connectivity index is 2.82. The summed E-state index contributed by atoms with van der Waals surface area (Å²) < 4.78 is 38.3. The average Bonchev–Trinajstić information content (AvgIpc) is 2.38. The maximum atomic E-state index is 12.8.